The van der Waals surface area contributed by atoms with Gasteiger partial charge < -0.3 is 4.90 Å². The molecule has 5 rings (SSSR count). The monoisotopic (exact) mass is 582 g/mol. The molecule has 4 aromatic rings. The van der Waals surface area contributed by atoms with E-state index in [9.17, 15) is 14.0 Å². The van der Waals surface area contributed by atoms with Gasteiger partial charge >= 0.3 is 0 Å². The van der Waals surface area contributed by atoms with Crippen LogP contribution in [-0.2, 0) is 4.79 Å². The van der Waals surface area contributed by atoms with Crippen molar-refractivity contribution in [3.05, 3.63) is 88.0 Å². The van der Waals surface area contributed by atoms with Gasteiger partial charge in [-0.15, -0.1) is 0 Å². The summed E-state index contributed by atoms with van der Waals surface area (Å²) < 4.78 is 31.3. The predicted octanol–water partition coefficient (Wildman–Crippen LogP) is 5.81. The number of nitrogens with one attached hydrogen (secondary N) is 2. The standard InChI is InChI=1S/C28H22Cl2F2N6O2/c1-15-33-12-13-37(15)22-8-4-3-6-18(22)27-34-25(28(40)36-35-16(2)39)26(17-10-11-21(31)20(30)14-17)38(27)23-9-5-7-19(29)24(23)32/h3-11,14H,12-13H2,1-2H3,(H,35,39)(H,36,40). The van der Waals surface area contributed by atoms with Crippen LogP contribution in [0.3, 0.4) is 0 Å². The number of carbonyl (C=O) groups excluding carboxylic acids is 2. The van der Waals surface area contributed by atoms with Crippen molar-refractivity contribution < 1.29 is 18.4 Å². The van der Waals surface area contributed by atoms with Crippen molar-refractivity contribution in [1.29, 1.82) is 0 Å². The molecule has 2 amide bonds. The number of hydrogen-bond donors (Lipinski definition) is 2. The Hall–Kier alpha value is -4.28. The molecule has 2 heterocycles. The topological polar surface area (TPSA) is 91.6 Å². The van der Waals surface area contributed by atoms with Crippen LogP contribution in [0.5, 0.6) is 0 Å². The highest BCUT2D eigenvalue weighted by Gasteiger charge is 2.30. The molecule has 12 heteroatoms. The summed E-state index contributed by atoms with van der Waals surface area (Å²) in [7, 11) is 0. The number of para-hydroxylation sites is 1. The second-order valence-corrected chi connectivity index (χ2v) is 9.72. The van der Waals surface area contributed by atoms with Crippen LogP contribution in [0.1, 0.15) is 24.3 Å². The Morgan fingerprint density at radius 3 is 2.40 bits per heavy atom. The quantitative estimate of drug-likeness (QED) is 0.290. The number of rotatable bonds is 5. The summed E-state index contributed by atoms with van der Waals surface area (Å²) in [5.74, 6) is -1.76. The van der Waals surface area contributed by atoms with Crippen LogP contribution in [0.2, 0.25) is 10.0 Å². The van der Waals surface area contributed by atoms with Crippen LogP contribution in [0.25, 0.3) is 28.3 Å². The van der Waals surface area contributed by atoms with Gasteiger partial charge in [-0.05, 0) is 49.4 Å². The minimum Gasteiger partial charge on any atom is -0.328 e. The van der Waals surface area contributed by atoms with Crippen molar-refractivity contribution >= 4 is 46.5 Å². The fourth-order valence-electron chi connectivity index (χ4n) is 4.52. The van der Waals surface area contributed by atoms with E-state index in [2.05, 4.69) is 20.8 Å². The van der Waals surface area contributed by atoms with Gasteiger partial charge in [0.2, 0.25) is 5.91 Å². The first-order chi connectivity index (χ1) is 19.2. The Labute approximate surface area is 238 Å². The Morgan fingerprint density at radius 1 is 0.950 bits per heavy atom. The third-order valence-corrected chi connectivity index (χ3v) is 6.88. The van der Waals surface area contributed by atoms with Gasteiger partial charge in [0, 0.05) is 24.6 Å². The van der Waals surface area contributed by atoms with Gasteiger partial charge in [-0.25, -0.2) is 13.8 Å². The number of aliphatic imine (C=N–C) groups is 1. The third-order valence-electron chi connectivity index (χ3n) is 6.30. The molecule has 0 radical (unpaired) electrons. The first-order valence-electron chi connectivity index (χ1n) is 12.1. The fourth-order valence-corrected chi connectivity index (χ4v) is 4.87. The molecule has 0 atom stereocenters. The van der Waals surface area contributed by atoms with E-state index in [4.69, 9.17) is 23.2 Å². The zero-order chi connectivity index (χ0) is 28.6. The van der Waals surface area contributed by atoms with E-state index in [0.29, 0.717) is 18.7 Å². The minimum absolute atomic E-state index is 0.00867. The van der Waals surface area contributed by atoms with E-state index in [1.54, 1.807) is 18.2 Å². The number of halogens is 4. The van der Waals surface area contributed by atoms with E-state index >= 15 is 4.39 Å². The van der Waals surface area contributed by atoms with Crippen LogP contribution in [0.4, 0.5) is 14.5 Å². The third kappa shape index (κ3) is 5.03. The van der Waals surface area contributed by atoms with E-state index < -0.39 is 23.4 Å². The molecule has 0 aliphatic carbocycles. The van der Waals surface area contributed by atoms with Gasteiger partial charge in [-0.2, -0.15) is 0 Å². The normalized spacial score (nSPS) is 12.8. The highest BCUT2D eigenvalue weighted by Crippen LogP contribution is 2.40. The number of imidazole rings is 1. The molecule has 204 valence electrons. The van der Waals surface area contributed by atoms with Crippen LogP contribution in [0.15, 0.2) is 65.7 Å². The lowest BCUT2D eigenvalue weighted by atomic mass is 10.1. The summed E-state index contributed by atoms with van der Waals surface area (Å²) in [6.45, 7) is 4.32. The number of benzene rings is 3. The molecule has 1 aromatic heterocycles. The van der Waals surface area contributed by atoms with E-state index in [1.165, 1.54) is 35.8 Å². The number of anilines is 1. The fraction of sp³-hybridized carbons (Fsp3) is 0.143. The van der Waals surface area contributed by atoms with Crippen molar-refractivity contribution in [1.82, 2.24) is 20.4 Å². The van der Waals surface area contributed by atoms with Gasteiger partial charge in [0.25, 0.3) is 5.91 Å². The molecular formula is C28H22Cl2F2N6O2. The summed E-state index contributed by atoms with van der Waals surface area (Å²) in [6, 6.07) is 15.6. The van der Waals surface area contributed by atoms with Crippen molar-refractivity contribution in [3.63, 3.8) is 0 Å². The molecule has 2 N–H and O–H groups in total. The lowest BCUT2D eigenvalue weighted by molar-refractivity contribution is -0.119. The number of amidine groups is 1. The number of hydrogen-bond acceptors (Lipinski definition) is 5. The molecule has 0 unspecified atom stereocenters. The van der Waals surface area contributed by atoms with Gasteiger partial charge in [-0.3, -0.25) is 30.0 Å². The van der Waals surface area contributed by atoms with Crippen molar-refractivity contribution in [2.24, 2.45) is 4.99 Å². The molecule has 0 saturated carbocycles. The second-order valence-electron chi connectivity index (χ2n) is 8.90. The maximum Gasteiger partial charge on any atom is 0.290 e. The molecule has 0 fully saturated rings. The maximum absolute atomic E-state index is 15.7. The van der Waals surface area contributed by atoms with Crippen molar-refractivity contribution in [2.75, 3.05) is 18.0 Å². The number of nitrogens with zero attached hydrogens (tertiary/aromatic N) is 4. The van der Waals surface area contributed by atoms with Gasteiger partial charge in [0.05, 0.1) is 33.7 Å². The Bertz CT molecular complexity index is 1690. The van der Waals surface area contributed by atoms with E-state index in [1.807, 2.05) is 24.0 Å². The molecule has 0 spiro atoms. The largest absolute Gasteiger partial charge is 0.328 e. The molecule has 0 saturated heterocycles. The van der Waals surface area contributed by atoms with Crippen molar-refractivity contribution in [2.45, 2.75) is 13.8 Å². The Morgan fingerprint density at radius 2 is 1.70 bits per heavy atom. The number of carbonyl (C=O) groups is 2. The van der Waals surface area contributed by atoms with Gasteiger partial charge in [0.1, 0.15) is 17.5 Å². The average Bonchev–Trinajstić information content (AvgIpc) is 3.54. The zero-order valence-electron chi connectivity index (χ0n) is 21.3. The lowest BCUT2D eigenvalue weighted by Gasteiger charge is -2.22. The summed E-state index contributed by atoms with van der Waals surface area (Å²) in [5, 5.41) is -0.365. The minimum atomic E-state index is -0.788. The number of hydrazine groups is 1. The van der Waals surface area contributed by atoms with Crippen LogP contribution >= 0.6 is 23.2 Å². The predicted molar refractivity (Wildman–Crippen MR) is 151 cm³/mol. The molecule has 8 nitrogen and oxygen atoms in total. The molecular weight excluding hydrogens is 561 g/mol. The summed E-state index contributed by atoms with van der Waals surface area (Å²) in [5.41, 5.74) is 6.03. The van der Waals surface area contributed by atoms with E-state index in [-0.39, 0.29) is 38.5 Å². The number of amides is 2. The lowest BCUT2D eigenvalue weighted by Crippen LogP contribution is -2.40. The SMILES string of the molecule is CC(=O)NNC(=O)c1nc(-c2ccccc2N2CCN=C2C)n(-c2cccc(Cl)c2F)c1-c1ccc(F)c(Cl)c1. The molecule has 0 bridgehead atoms. The summed E-state index contributed by atoms with van der Waals surface area (Å²) in [4.78, 5) is 36.1. The highest BCUT2D eigenvalue weighted by atomic mass is 35.5. The van der Waals surface area contributed by atoms with Crippen LogP contribution < -0.4 is 15.8 Å². The smallest absolute Gasteiger partial charge is 0.290 e. The average molecular weight is 583 g/mol. The molecule has 1 aliphatic heterocycles. The summed E-state index contributed by atoms with van der Waals surface area (Å²) in [6.07, 6.45) is 0. The van der Waals surface area contributed by atoms with Crippen LogP contribution in [-0.4, -0.2) is 40.3 Å². The van der Waals surface area contributed by atoms with Crippen molar-refractivity contribution in [3.8, 4) is 28.3 Å². The second kappa shape index (κ2) is 11.1. The van der Waals surface area contributed by atoms with E-state index in [0.717, 1.165) is 17.6 Å². The van der Waals surface area contributed by atoms with Crippen LogP contribution in [0, 0.1) is 11.6 Å². The Kier molecular flexibility index (Phi) is 7.55. The van der Waals surface area contributed by atoms with Gasteiger partial charge in [0.15, 0.2) is 11.5 Å². The van der Waals surface area contributed by atoms with Gasteiger partial charge in [-0.1, -0.05) is 41.4 Å². The number of aromatic nitrogens is 2. The molecule has 3 aromatic carbocycles. The zero-order valence-corrected chi connectivity index (χ0v) is 22.8. The highest BCUT2D eigenvalue weighted by molar-refractivity contribution is 6.31. The maximum atomic E-state index is 15.7. The summed E-state index contributed by atoms with van der Waals surface area (Å²) >= 11 is 12.3. The molecule has 40 heavy (non-hydrogen) atoms. The first kappa shape index (κ1) is 27.3. The Balaban J connectivity index is 1.87. The molecule has 1 aliphatic rings. The first-order valence-corrected chi connectivity index (χ1v) is 12.9.